The molecule has 0 spiro atoms. The largest absolute Gasteiger partial charge is 0.481 e. The van der Waals surface area contributed by atoms with Crippen LogP contribution in [-0.4, -0.2) is 22.6 Å². The first-order chi connectivity index (χ1) is 14.4. The van der Waals surface area contributed by atoms with E-state index in [9.17, 15) is 18.4 Å². The molecule has 0 bridgehead atoms. The molecule has 1 aromatic carbocycles. The normalized spacial score (nSPS) is 11.1. The Kier molecular flexibility index (Phi) is 6.44. The summed E-state index contributed by atoms with van der Waals surface area (Å²) in [6.45, 7) is 3.87. The smallest absolute Gasteiger partial charge is 0.258 e. The van der Waals surface area contributed by atoms with E-state index in [1.54, 1.807) is 4.57 Å². The first-order valence-electron chi connectivity index (χ1n) is 9.69. The van der Waals surface area contributed by atoms with E-state index in [0.717, 1.165) is 18.2 Å². The van der Waals surface area contributed by atoms with Crippen LogP contribution in [0.1, 0.15) is 48.7 Å². The van der Waals surface area contributed by atoms with E-state index in [2.05, 4.69) is 10.3 Å². The van der Waals surface area contributed by atoms with Crippen LogP contribution in [0.15, 0.2) is 41.5 Å². The monoisotopic (exact) mass is 415 g/mol. The fourth-order valence-electron chi connectivity index (χ4n) is 3.47. The molecule has 2 aromatic heterocycles. The Morgan fingerprint density at radius 1 is 1.13 bits per heavy atom. The van der Waals surface area contributed by atoms with Gasteiger partial charge in [0.05, 0.1) is 18.1 Å². The predicted molar refractivity (Wildman–Crippen MR) is 110 cm³/mol. The summed E-state index contributed by atoms with van der Waals surface area (Å²) in [4.78, 5) is 30.1. The molecule has 0 aliphatic carbocycles. The lowest BCUT2D eigenvalue weighted by Gasteiger charge is -2.19. The van der Waals surface area contributed by atoms with E-state index in [1.165, 1.54) is 25.6 Å². The van der Waals surface area contributed by atoms with Gasteiger partial charge in [0.2, 0.25) is 5.88 Å². The van der Waals surface area contributed by atoms with Crippen LogP contribution in [0.4, 0.5) is 8.78 Å². The summed E-state index contributed by atoms with van der Waals surface area (Å²) in [7, 11) is 1.45. The number of amides is 1. The Balaban J connectivity index is 2.05. The summed E-state index contributed by atoms with van der Waals surface area (Å²) in [5, 5.41) is 3.36. The molecule has 3 rings (SSSR count). The minimum Gasteiger partial charge on any atom is -0.481 e. The molecule has 0 fully saturated rings. The van der Waals surface area contributed by atoms with Crippen molar-refractivity contribution in [2.24, 2.45) is 0 Å². The molecule has 6 nitrogen and oxygen atoms in total. The molecule has 1 amide bonds. The van der Waals surface area contributed by atoms with Crippen molar-refractivity contribution >= 4 is 16.7 Å². The molecule has 0 atom stereocenters. The van der Waals surface area contributed by atoms with Crippen molar-refractivity contribution in [1.29, 1.82) is 0 Å². The van der Waals surface area contributed by atoms with E-state index < -0.39 is 17.5 Å². The molecule has 0 unspecified atom stereocenters. The third-order valence-corrected chi connectivity index (χ3v) is 5.07. The zero-order valence-electron chi connectivity index (χ0n) is 17.0. The molecule has 0 saturated carbocycles. The quantitative estimate of drug-likeness (QED) is 0.634. The lowest BCUT2D eigenvalue weighted by Crippen LogP contribution is -2.29. The summed E-state index contributed by atoms with van der Waals surface area (Å²) in [5.74, 6) is -1.65. The molecule has 0 aliphatic heterocycles. The SMILES string of the molecule is CCC(CC)n1cc(C(=O)NCc2cc(F)cc(F)c2)c2cnc(OC)cc2c1=O. The molecule has 0 saturated heterocycles. The fourth-order valence-corrected chi connectivity index (χ4v) is 3.47. The van der Waals surface area contributed by atoms with E-state index in [-0.39, 0.29) is 29.6 Å². The second-order valence-electron chi connectivity index (χ2n) is 6.96. The highest BCUT2D eigenvalue weighted by atomic mass is 19.1. The molecular weight excluding hydrogens is 392 g/mol. The lowest BCUT2D eigenvalue weighted by atomic mass is 10.1. The van der Waals surface area contributed by atoms with Crippen molar-refractivity contribution in [3.8, 4) is 5.88 Å². The van der Waals surface area contributed by atoms with Crippen LogP contribution in [0.5, 0.6) is 5.88 Å². The molecular formula is C22H23F2N3O3. The summed E-state index contributed by atoms with van der Waals surface area (Å²) < 4.78 is 33.5. The Morgan fingerprint density at radius 3 is 2.40 bits per heavy atom. The number of rotatable bonds is 7. The van der Waals surface area contributed by atoms with E-state index in [4.69, 9.17) is 4.74 Å². The second-order valence-corrected chi connectivity index (χ2v) is 6.96. The van der Waals surface area contributed by atoms with E-state index >= 15 is 0 Å². The molecule has 30 heavy (non-hydrogen) atoms. The number of ether oxygens (including phenoxy) is 1. The van der Waals surface area contributed by atoms with Crippen LogP contribution >= 0.6 is 0 Å². The van der Waals surface area contributed by atoms with E-state index in [1.807, 2.05) is 13.8 Å². The lowest BCUT2D eigenvalue weighted by molar-refractivity contribution is 0.0951. The molecule has 3 aromatic rings. The Bertz CT molecular complexity index is 1120. The summed E-state index contributed by atoms with van der Waals surface area (Å²) >= 11 is 0. The third-order valence-electron chi connectivity index (χ3n) is 5.07. The number of halogens is 2. The highest BCUT2D eigenvalue weighted by molar-refractivity contribution is 6.06. The summed E-state index contributed by atoms with van der Waals surface area (Å²) in [6, 6.07) is 4.50. The van der Waals surface area contributed by atoms with Crippen LogP contribution in [-0.2, 0) is 6.54 Å². The van der Waals surface area contributed by atoms with Crippen LogP contribution < -0.4 is 15.6 Å². The number of carbonyl (C=O) groups excluding carboxylic acids is 1. The van der Waals surface area contributed by atoms with Crippen molar-refractivity contribution in [1.82, 2.24) is 14.9 Å². The van der Waals surface area contributed by atoms with Crippen molar-refractivity contribution in [2.45, 2.75) is 39.3 Å². The number of nitrogens with one attached hydrogen (secondary N) is 1. The Hall–Kier alpha value is -3.29. The number of nitrogens with zero attached hydrogens (tertiary/aromatic N) is 2. The average Bonchev–Trinajstić information content (AvgIpc) is 2.73. The van der Waals surface area contributed by atoms with Gasteiger partial charge in [0.1, 0.15) is 11.6 Å². The van der Waals surface area contributed by atoms with Gasteiger partial charge in [-0.05, 0) is 30.5 Å². The topological polar surface area (TPSA) is 73.2 Å². The molecule has 0 radical (unpaired) electrons. The van der Waals surface area contributed by atoms with Gasteiger partial charge in [0.25, 0.3) is 11.5 Å². The van der Waals surface area contributed by atoms with Gasteiger partial charge in [-0.1, -0.05) is 13.8 Å². The molecule has 1 N–H and O–H groups in total. The van der Waals surface area contributed by atoms with Crippen LogP contribution in [0.3, 0.4) is 0 Å². The van der Waals surface area contributed by atoms with Gasteiger partial charge in [-0.2, -0.15) is 0 Å². The van der Waals surface area contributed by atoms with Gasteiger partial charge in [0.15, 0.2) is 0 Å². The second kappa shape index (κ2) is 9.02. The number of pyridine rings is 2. The third kappa shape index (κ3) is 4.32. The Labute approximate surface area is 172 Å². The number of aromatic nitrogens is 2. The number of hydrogen-bond donors (Lipinski definition) is 1. The summed E-state index contributed by atoms with van der Waals surface area (Å²) in [5.41, 5.74) is 0.310. The first-order valence-corrected chi connectivity index (χ1v) is 9.69. The van der Waals surface area contributed by atoms with Gasteiger partial charge in [-0.25, -0.2) is 13.8 Å². The number of hydrogen-bond acceptors (Lipinski definition) is 4. The standard InChI is InChI=1S/C22H23F2N3O3/c1-4-16(5-2)27-12-19(18-11-25-20(30-3)9-17(18)22(27)29)21(28)26-10-13-6-14(23)8-15(24)7-13/h6-9,11-12,16H,4-5,10H2,1-3H3,(H,26,28). The van der Waals surface area contributed by atoms with Gasteiger partial charge >= 0.3 is 0 Å². The predicted octanol–water partition coefficient (Wildman–Crippen LogP) is 3.97. The molecule has 0 aliphatic rings. The maximum Gasteiger partial charge on any atom is 0.258 e. The number of fused-ring (bicyclic) bond motifs is 1. The van der Waals surface area contributed by atoms with E-state index in [0.29, 0.717) is 29.2 Å². The van der Waals surface area contributed by atoms with Crippen LogP contribution in [0, 0.1) is 11.6 Å². The Morgan fingerprint density at radius 2 is 1.80 bits per heavy atom. The van der Waals surface area contributed by atoms with Gasteiger partial charge in [-0.15, -0.1) is 0 Å². The molecule has 8 heteroatoms. The first kappa shape index (κ1) is 21.4. The maximum absolute atomic E-state index is 13.4. The van der Waals surface area contributed by atoms with Gasteiger partial charge < -0.3 is 14.6 Å². The summed E-state index contributed by atoms with van der Waals surface area (Å²) in [6.07, 6.45) is 4.38. The minimum absolute atomic E-state index is 0.0668. The van der Waals surface area contributed by atoms with Crippen LogP contribution in [0.25, 0.3) is 10.8 Å². The van der Waals surface area contributed by atoms with Crippen molar-refractivity contribution in [3.05, 3.63) is 69.8 Å². The zero-order chi connectivity index (χ0) is 21.8. The van der Waals surface area contributed by atoms with Crippen molar-refractivity contribution < 1.29 is 18.3 Å². The van der Waals surface area contributed by atoms with Crippen molar-refractivity contribution in [2.75, 3.05) is 7.11 Å². The highest BCUT2D eigenvalue weighted by Gasteiger charge is 2.19. The molecule has 158 valence electrons. The van der Waals surface area contributed by atoms with Gasteiger partial charge in [0, 0.05) is 42.5 Å². The van der Waals surface area contributed by atoms with Gasteiger partial charge in [-0.3, -0.25) is 9.59 Å². The van der Waals surface area contributed by atoms with Crippen LogP contribution in [0.2, 0.25) is 0 Å². The maximum atomic E-state index is 13.4. The molecule has 2 heterocycles. The average molecular weight is 415 g/mol. The zero-order valence-corrected chi connectivity index (χ0v) is 17.0. The number of benzene rings is 1. The van der Waals surface area contributed by atoms with Crippen molar-refractivity contribution in [3.63, 3.8) is 0 Å². The number of carbonyl (C=O) groups is 1. The minimum atomic E-state index is -0.719. The highest BCUT2D eigenvalue weighted by Crippen LogP contribution is 2.22. The fraction of sp³-hybridized carbons (Fsp3) is 0.318. The number of methoxy groups -OCH3 is 1.